The van der Waals surface area contributed by atoms with Crippen LogP contribution in [0.5, 0.6) is 0 Å². The molecule has 0 saturated heterocycles. The molecule has 0 fully saturated rings. The maximum atomic E-state index is 13.1. The highest BCUT2D eigenvalue weighted by Crippen LogP contribution is 2.23. The average molecular weight is 469 g/mol. The van der Waals surface area contributed by atoms with Crippen LogP contribution in [0.4, 0.5) is 5.69 Å². The molecule has 0 aliphatic carbocycles. The van der Waals surface area contributed by atoms with Crippen LogP contribution in [0.15, 0.2) is 58.5 Å². The predicted molar refractivity (Wildman–Crippen MR) is 130 cm³/mol. The molecule has 0 aliphatic heterocycles. The van der Waals surface area contributed by atoms with Gasteiger partial charge < -0.3 is 4.90 Å². The van der Waals surface area contributed by atoms with Crippen molar-refractivity contribution in [1.29, 1.82) is 5.26 Å². The predicted octanol–water partition coefficient (Wildman–Crippen LogP) is 5.28. The van der Waals surface area contributed by atoms with Gasteiger partial charge in [-0.3, -0.25) is 14.2 Å². The first kappa shape index (κ1) is 23.8. The van der Waals surface area contributed by atoms with Crippen LogP contribution < -0.4 is 10.5 Å². The van der Waals surface area contributed by atoms with Gasteiger partial charge >= 0.3 is 0 Å². The molecule has 0 unspecified atom stereocenters. The molecule has 3 rings (SSSR count). The number of hydrogen-bond donors (Lipinski definition) is 0. The van der Waals surface area contributed by atoms with Gasteiger partial charge in [0.15, 0.2) is 5.16 Å². The molecule has 0 saturated carbocycles. The number of thioether (sulfide) groups is 1. The molecular formula is C24H25ClN4O2S. The Morgan fingerprint density at radius 1 is 1.22 bits per heavy atom. The topological polar surface area (TPSA) is 79.0 Å². The van der Waals surface area contributed by atoms with Crippen molar-refractivity contribution in [2.45, 2.75) is 44.3 Å². The number of anilines is 1. The Balaban J connectivity index is 1.88. The van der Waals surface area contributed by atoms with Gasteiger partial charge in [-0.2, -0.15) is 5.26 Å². The highest BCUT2D eigenvalue weighted by atomic mass is 35.5. The molecule has 1 aromatic heterocycles. The van der Waals surface area contributed by atoms with E-state index in [1.807, 2.05) is 30.3 Å². The monoisotopic (exact) mass is 468 g/mol. The Hall–Kier alpha value is -2.82. The quantitative estimate of drug-likeness (QED) is 0.230. The van der Waals surface area contributed by atoms with Crippen molar-refractivity contribution >= 4 is 45.9 Å². The lowest BCUT2D eigenvalue weighted by Crippen LogP contribution is -2.33. The van der Waals surface area contributed by atoms with Gasteiger partial charge in [0.2, 0.25) is 5.91 Å². The second kappa shape index (κ2) is 11.7. The maximum absolute atomic E-state index is 13.1. The van der Waals surface area contributed by atoms with Crippen molar-refractivity contribution in [3.63, 3.8) is 0 Å². The van der Waals surface area contributed by atoms with Crippen molar-refractivity contribution in [3.05, 3.63) is 63.9 Å². The standard InChI is InChI=1S/C24H25ClN4O2S/c1-2-3-7-14-29-23(31)20-12-11-18(25)16-21(20)27-24(29)32-17-22(30)28(15-8-13-26)19-9-5-4-6-10-19/h4-6,9-12,16H,2-3,7-8,14-15,17H2,1H3. The van der Waals surface area contributed by atoms with E-state index in [1.165, 1.54) is 11.8 Å². The summed E-state index contributed by atoms with van der Waals surface area (Å²) in [6.45, 7) is 2.96. The number of amides is 1. The first-order valence-electron chi connectivity index (χ1n) is 10.6. The van der Waals surface area contributed by atoms with E-state index >= 15 is 0 Å². The second-order valence-electron chi connectivity index (χ2n) is 7.30. The fourth-order valence-corrected chi connectivity index (χ4v) is 4.44. The van der Waals surface area contributed by atoms with E-state index in [4.69, 9.17) is 16.9 Å². The Kier molecular flexibility index (Phi) is 8.72. The molecule has 6 nitrogen and oxygen atoms in total. The van der Waals surface area contributed by atoms with Gasteiger partial charge in [0.1, 0.15) is 0 Å². The number of carbonyl (C=O) groups is 1. The van der Waals surface area contributed by atoms with Crippen molar-refractivity contribution in [2.24, 2.45) is 0 Å². The molecule has 0 bridgehead atoms. The number of nitriles is 1. The lowest BCUT2D eigenvalue weighted by molar-refractivity contribution is -0.116. The normalized spacial score (nSPS) is 10.8. The van der Waals surface area contributed by atoms with Crippen LogP contribution >= 0.6 is 23.4 Å². The SMILES string of the molecule is CCCCCn1c(SCC(=O)N(CCC#N)c2ccccc2)nc2cc(Cl)ccc2c1=O. The molecule has 0 N–H and O–H groups in total. The molecule has 0 radical (unpaired) electrons. The third-order valence-electron chi connectivity index (χ3n) is 5.01. The minimum absolute atomic E-state index is 0.104. The fraction of sp³-hybridized carbons (Fsp3) is 0.333. The summed E-state index contributed by atoms with van der Waals surface area (Å²) in [6.07, 6.45) is 3.14. The summed E-state index contributed by atoms with van der Waals surface area (Å²) in [5, 5.41) is 10.5. The molecule has 8 heteroatoms. The molecule has 32 heavy (non-hydrogen) atoms. The first-order chi connectivity index (χ1) is 15.5. The molecule has 3 aromatic rings. The summed E-state index contributed by atoms with van der Waals surface area (Å²) < 4.78 is 1.66. The highest BCUT2D eigenvalue weighted by molar-refractivity contribution is 7.99. The van der Waals surface area contributed by atoms with E-state index in [2.05, 4.69) is 18.0 Å². The Labute approximate surface area is 196 Å². The van der Waals surface area contributed by atoms with Crippen molar-refractivity contribution in [1.82, 2.24) is 9.55 Å². The zero-order chi connectivity index (χ0) is 22.9. The van der Waals surface area contributed by atoms with Crippen molar-refractivity contribution in [2.75, 3.05) is 17.2 Å². The van der Waals surface area contributed by atoms with Gasteiger partial charge in [0.05, 0.1) is 29.1 Å². The number of nitrogens with zero attached hydrogens (tertiary/aromatic N) is 4. The van der Waals surface area contributed by atoms with Gasteiger partial charge in [-0.05, 0) is 36.8 Å². The molecule has 2 aromatic carbocycles. The van der Waals surface area contributed by atoms with Crippen LogP contribution in [0.25, 0.3) is 10.9 Å². The van der Waals surface area contributed by atoms with E-state index in [0.29, 0.717) is 34.2 Å². The number of aromatic nitrogens is 2. The number of carbonyl (C=O) groups excluding carboxylic acids is 1. The average Bonchev–Trinajstić information content (AvgIpc) is 2.80. The number of fused-ring (bicyclic) bond motifs is 1. The van der Waals surface area contributed by atoms with Crippen LogP contribution in [-0.2, 0) is 11.3 Å². The Morgan fingerprint density at radius 2 is 2.00 bits per heavy atom. The molecule has 1 heterocycles. The third-order valence-corrected chi connectivity index (χ3v) is 6.20. The zero-order valence-corrected chi connectivity index (χ0v) is 19.5. The van der Waals surface area contributed by atoms with E-state index in [9.17, 15) is 9.59 Å². The third kappa shape index (κ3) is 5.90. The fourth-order valence-electron chi connectivity index (χ4n) is 3.37. The van der Waals surface area contributed by atoms with Gasteiger partial charge in [-0.1, -0.05) is 61.3 Å². The molecule has 0 spiro atoms. The van der Waals surface area contributed by atoms with Crippen LogP contribution in [0.1, 0.15) is 32.6 Å². The number of halogens is 1. The summed E-state index contributed by atoms with van der Waals surface area (Å²) in [7, 11) is 0. The summed E-state index contributed by atoms with van der Waals surface area (Å²) in [5.74, 6) is -0.0379. The smallest absolute Gasteiger partial charge is 0.262 e. The zero-order valence-electron chi connectivity index (χ0n) is 18.0. The van der Waals surface area contributed by atoms with Crippen LogP contribution in [-0.4, -0.2) is 27.8 Å². The summed E-state index contributed by atoms with van der Waals surface area (Å²) in [6, 6.07) is 16.4. The number of benzene rings is 2. The van der Waals surface area contributed by atoms with E-state index in [-0.39, 0.29) is 23.6 Å². The van der Waals surface area contributed by atoms with Crippen molar-refractivity contribution in [3.8, 4) is 6.07 Å². The van der Waals surface area contributed by atoms with Crippen LogP contribution in [0.3, 0.4) is 0 Å². The summed E-state index contributed by atoms with van der Waals surface area (Å²) in [4.78, 5) is 32.5. The lowest BCUT2D eigenvalue weighted by atomic mass is 10.2. The maximum Gasteiger partial charge on any atom is 0.262 e. The van der Waals surface area contributed by atoms with Gasteiger partial charge in [0.25, 0.3) is 5.56 Å². The summed E-state index contributed by atoms with van der Waals surface area (Å²) in [5.41, 5.74) is 1.14. The summed E-state index contributed by atoms with van der Waals surface area (Å²) >= 11 is 7.35. The molecule has 0 atom stereocenters. The largest absolute Gasteiger partial charge is 0.311 e. The molecule has 166 valence electrons. The number of unbranched alkanes of at least 4 members (excludes halogenated alkanes) is 2. The number of hydrogen-bond acceptors (Lipinski definition) is 5. The molecule has 0 aliphatic rings. The Bertz CT molecular complexity index is 1170. The molecule has 1 amide bonds. The Morgan fingerprint density at radius 3 is 2.72 bits per heavy atom. The lowest BCUT2D eigenvalue weighted by Gasteiger charge is -2.22. The van der Waals surface area contributed by atoms with Crippen LogP contribution in [0.2, 0.25) is 5.02 Å². The first-order valence-corrected chi connectivity index (χ1v) is 12.0. The number of para-hydroxylation sites is 1. The van der Waals surface area contributed by atoms with E-state index < -0.39 is 0 Å². The van der Waals surface area contributed by atoms with E-state index in [1.54, 1.807) is 27.7 Å². The highest BCUT2D eigenvalue weighted by Gasteiger charge is 2.18. The minimum atomic E-state index is -0.142. The van der Waals surface area contributed by atoms with Crippen LogP contribution in [0, 0.1) is 11.3 Å². The van der Waals surface area contributed by atoms with E-state index in [0.717, 1.165) is 24.9 Å². The van der Waals surface area contributed by atoms with Gasteiger partial charge in [-0.15, -0.1) is 0 Å². The minimum Gasteiger partial charge on any atom is -0.311 e. The van der Waals surface area contributed by atoms with Crippen molar-refractivity contribution < 1.29 is 4.79 Å². The number of rotatable bonds is 10. The molecular weight excluding hydrogens is 444 g/mol. The van der Waals surface area contributed by atoms with Gasteiger partial charge in [-0.25, -0.2) is 4.98 Å². The second-order valence-corrected chi connectivity index (χ2v) is 8.68. The van der Waals surface area contributed by atoms with Gasteiger partial charge in [0, 0.05) is 23.8 Å².